The third-order valence-electron chi connectivity index (χ3n) is 4.16. The minimum Gasteiger partial charge on any atom is -0.375 e. The Labute approximate surface area is 114 Å². The average molecular weight is 283 g/mol. The Morgan fingerprint density at radius 1 is 1.30 bits per heavy atom. The highest BCUT2D eigenvalue weighted by molar-refractivity contribution is 5.63. The normalized spacial score (nSPS) is 25.7. The van der Waals surface area contributed by atoms with Gasteiger partial charge in [0.2, 0.25) is 5.82 Å². The van der Waals surface area contributed by atoms with Gasteiger partial charge in [0.1, 0.15) is 11.5 Å². The minimum absolute atomic E-state index is 0.0115. The Morgan fingerprint density at radius 2 is 2.10 bits per heavy atom. The molecule has 1 aromatic rings. The van der Waals surface area contributed by atoms with Gasteiger partial charge in [-0.05, 0) is 25.8 Å². The van der Waals surface area contributed by atoms with Crippen molar-refractivity contribution in [2.75, 3.05) is 18.4 Å². The van der Waals surface area contributed by atoms with Gasteiger partial charge < -0.3 is 5.32 Å². The molecule has 5 nitrogen and oxygen atoms in total. The molecule has 0 saturated carbocycles. The summed E-state index contributed by atoms with van der Waals surface area (Å²) in [6.45, 7) is 1.95. The Kier molecular flexibility index (Phi) is 3.29. The van der Waals surface area contributed by atoms with E-state index in [-0.39, 0.29) is 11.7 Å². The average Bonchev–Trinajstić information content (AvgIpc) is 2.92. The van der Waals surface area contributed by atoms with Crippen molar-refractivity contribution in [1.29, 1.82) is 0 Å². The van der Waals surface area contributed by atoms with Crippen molar-refractivity contribution in [2.45, 2.75) is 31.3 Å². The molecule has 2 unspecified atom stereocenters. The highest BCUT2D eigenvalue weighted by Crippen LogP contribution is 2.34. The molecule has 0 spiro atoms. The van der Waals surface area contributed by atoms with Crippen LogP contribution in [0, 0.1) is 21.7 Å². The van der Waals surface area contributed by atoms with Crippen molar-refractivity contribution >= 4 is 11.4 Å². The summed E-state index contributed by atoms with van der Waals surface area (Å²) < 4.78 is 26.9. The van der Waals surface area contributed by atoms with E-state index in [9.17, 15) is 18.9 Å². The van der Waals surface area contributed by atoms with Crippen LogP contribution in [0.4, 0.5) is 20.2 Å². The summed E-state index contributed by atoms with van der Waals surface area (Å²) in [5.41, 5.74) is -0.742. The smallest absolute Gasteiger partial charge is 0.327 e. The van der Waals surface area contributed by atoms with Crippen LogP contribution < -0.4 is 5.32 Å². The Hall–Kier alpha value is -1.76. The van der Waals surface area contributed by atoms with E-state index < -0.39 is 22.2 Å². The molecule has 2 heterocycles. The number of benzene rings is 1. The molecule has 2 atom stereocenters. The van der Waals surface area contributed by atoms with E-state index in [2.05, 4.69) is 10.2 Å². The number of hydrogen-bond acceptors (Lipinski definition) is 4. The molecule has 0 aliphatic carbocycles. The van der Waals surface area contributed by atoms with E-state index in [0.717, 1.165) is 38.4 Å². The molecule has 1 aromatic carbocycles. The van der Waals surface area contributed by atoms with E-state index in [1.54, 1.807) is 0 Å². The summed E-state index contributed by atoms with van der Waals surface area (Å²) in [4.78, 5) is 12.5. The fourth-order valence-electron chi connectivity index (χ4n) is 3.31. The molecular formula is C13H15F2N3O2. The highest BCUT2D eigenvalue weighted by Gasteiger charge is 2.38. The molecule has 3 rings (SSSR count). The second-order valence-electron chi connectivity index (χ2n) is 5.33. The molecule has 7 heteroatoms. The number of hydrogen-bond donors (Lipinski definition) is 1. The van der Waals surface area contributed by atoms with Gasteiger partial charge in [-0.25, -0.2) is 4.39 Å². The lowest BCUT2D eigenvalue weighted by Gasteiger charge is -2.22. The number of fused-ring (bicyclic) bond motifs is 1. The monoisotopic (exact) mass is 283 g/mol. The van der Waals surface area contributed by atoms with Crippen LogP contribution in [0.25, 0.3) is 0 Å². The van der Waals surface area contributed by atoms with Gasteiger partial charge in [-0.3, -0.25) is 15.0 Å². The Bertz CT molecular complexity index is 553. The summed E-state index contributed by atoms with van der Waals surface area (Å²) in [7, 11) is 0. The summed E-state index contributed by atoms with van der Waals surface area (Å²) in [5.74, 6) is -1.95. The number of nitrogens with zero attached hydrogens (tertiary/aromatic N) is 2. The van der Waals surface area contributed by atoms with Gasteiger partial charge in [-0.15, -0.1) is 0 Å². The Balaban J connectivity index is 1.88. The largest absolute Gasteiger partial charge is 0.375 e. The van der Waals surface area contributed by atoms with E-state index in [1.165, 1.54) is 0 Å². The maximum absolute atomic E-state index is 13.6. The van der Waals surface area contributed by atoms with E-state index in [0.29, 0.717) is 12.1 Å². The minimum atomic E-state index is -1.14. The van der Waals surface area contributed by atoms with Crippen molar-refractivity contribution in [3.63, 3.8) is 0 Å². The van der Waals surface area contributed by atoms with Gasteiger partial charge in [0.25, 0.3) is 0 Å². The molecule has 2 fully saturated rings. The maximum atomic E-state index is 13.6. The zero-order valence-corrected chi connectivity index (χ0v) is 10.8. The van der Waals surface area contributed by atoms with Gasteiger partial charge in [0.05, 0.1) is 4.92 Å². The molecule has 2 saturated heterocycles. The Morgan fingerprint density at radius 3 is 2.85 bits per heavy atom. The van der Waals surface area contributed by atoms with Crippen LogP contribution in [-0.2, 0) is 0 Å². The first-order valence-corrected chi connectivity index (χ1v) is 6.70. The van der Waals surface area contributed by atoms with Crippen molar-refractivity contribution in [2.24, 2.45) is 0 Å². The number of rotatable bonds is 3. The van der Waals surface area contributed by atoms with Crippen LogP contribution in [0.15, 0.2) is 12.1 Å². The van der Waals surface area contributed by atoms with Crippen LogP contribution in [0.2, 0.25) is 0 Å². The first-order valence-electron chi connectivity index (χ1n) is 6.70. The van der Waals surface area contributed by atoms with Crippen molar-refractivity contribution in [1.82, 2.24) is 4.90 Å². The van der Waals surface area contributed by atoms with Crippen LogP contribution >= 0.6 is 0 Å². The summed E-state index contributed by atoms with van der Waals surface area (Å²) in [6, 6.07) is 1.86. The number of nitro benzene ring substituents is 1. The molecule has 0 amide bonds. The van der Waals surface area contributed by atoms with Gasteiger partial charge in [-0.2, -0.15) is 4.39 Å². The van der Waals surface area contributed by atoms with Crippen LogP contribution in [0.3, 0.4) is 0 Å². The number of nitrogens with one attached hydrogen (secondary N) is 1. The molecule has 0 aromatic heterocycles. The quantitative estimate of drug-likeness (QED) is 0.684. The van der Waals surface area contributed by atoms with Gasteiger partial charge >= 0.3 is 5.69 Å². The molecule has 1 N–H and O–H groups in total. The van der Waals surface area contributed by atoms with Gasteiger partial charge in [0, 0.05) is 30.8 Å². The summed E-state index contributed by atoms with van der Waals surface area (Å²) >= 11 is 0. The second-order valence-corrected chi connectivity index (χ2v) is 5.33. The third kappa shape index (κ3) is 2.22. The first-order chi connectivity index (χ1) is 9.56. The molecule has 0 radical (unpaired) electrons. The molecular weight excluding hydrogens is 268 g/mol. The van der Waals surface area contributed by atoms with Gasteiger partial charge in [-0.1, -0.05) is 0 Å². The van der Waals surface area contributed by atoms with Crippen molar-refractivity contribution in [3.8, 4) is 0 Å². The SMILES string of the molecule is O=[N+]([O-])c1c(F)cc(F)cc1NC1CCN2CCCC12. The zero-order chi connectivity index (χ0) is 14.3. The van der Waals surface area contributed by atoms with Crippen LogP contribution in [-0.4, -0.2) is 35.0 Å². The molecule has 108 valence electrons. The lowest BCUT2D eigenvalue weighted by molar-refractivity contribution is -0.386. The van der Waals surface area contributed by atoms with E-state index >= 15 is 0 Å². The summed E-state index contributed by atoms with van der Waals surface area (Å²) in [5, 5.41) is 13.9. The zero-order valence-electron chi connectivity index (χ0n) is 10.8. The highest BCUT2D eigenvalue weighted by atomic mass is 19.1. The number of nitro groups is 1. The van der Waals surface area contributed by atoms with Crippen LogP contribution in [0.5, 0.6) is 0 Å². The molecule has 20 heavy (non-hydrogen) atoms. The fraction of sp³-hybridized carbons (Fsp3) is 0.538. The topological polar surface area (TPSA) is 58.4 Å². The first kappa shape index (κ1) is 13.2. The fourth-order valence-corrected chi connectivity index (χ4v) is 3.31. The van der Waals surface area contributed by atoms with Crippen LogP contribution in [0.1, 0.15) is 19.3 Å². The number of anilines is 1. The molecule has 0 bridgehead atoms. The lowest BCUT2D eigenvalue weighted by Crippen LogP contribution is -2.34. The van der Waals surface area contributed by atoms with E-state index in [4.69, 9.17) is 0 Å². The second kappa shape index (κ2) is 4.97. The van der Waals surface area contributed by atoms with E-state index in [1.807, 2.05) is 0 Å². The third-order valence-corrected chi connectivity index (χ3v) is 4.16. The molecule has 2 aliphatic heterocycles. The number of halogens is 2. The van der Waals surface area contributed by atoms with Crippen molar-refractivity contribution in [3.05, 3.63) is 33.9 Å². The predicted octanol–water partition coefficient (Wildman–Crippen LogP) is 2.52. The lowest BCUT2D eigenvalue weighted by atomic mass is 10.1. The summed E-state index contributed by atoms with van der Waals surface area (Å²) in [6.07, 6.45) is 2.95. The van der Waals surface area contributed by atoms with Crippen molar-refractivity contribution < 1.29 is 13.7 Å². The molecule has 2 aliphatic rings. The maximum Gasteiger partial charge on any atom is 0.327 e. The predicted molar refractivity (Wildman–Crippen MR) is 69.6 cm³/mol. The standard InChI is InChI=1S/C13H15F2N3O2/c14-8-6-9(15)13(18(19)20)11(7-8)16-10-3-5-17-4-1-2-12(10)17/h6-7,10,12,16H,1-5H2. The van der Waals surface area contributed by atoms with Gasteiger partial charge in [0.15, 0.2) is 0 Å².